The van der Waals surface area contributed by atoms with Crippen molar-refractivity contribution in [2.75, 3.05) is 20.2 Å². The topological polar surface area (TPSA) is 26.2 Å². The lowest BCUT2D eigenvalue weighted by Crippen LogP contribution is -2.27. The maximum absolute atomic E-state index is 5.38. The summed E-state index contributed by atoms with van der Waals surface area (Å²) in [5, 5.41) is 4.74. The van der Waals surface area contributed by atoms with E-state index in [9.17, 15) is 0 Å². The van der Waals surface area contributed by atoms with Crippen LogP contribution in [-0.2, 0) is 7.05 Å². The number of fused-ring (bicyclic) bond motifs is 1. The van der Waals surface area contributed by atoms with Crippen LogP contribution in [0.2, 0.25) is 0 Å². The summed E-state index contributed by atoms with van der Waals surface area (Å²) in [7, 11) is 3.93. The van der Waals surface area contributed by atoms with Crippen molar-refractivity contribution in [3.05, 3.63) is 29.5 Å². The lowest BCUT2D eigenvalue weighted by molar-refractivity contribution is 0.415. The Kier molecular flexibility index (Phi) is 3.23. The number of ether oxygens (including phenoxy) is 1. The largest absolute Gasteiger partial charge is 0.497 e. The Labute approximate surface area is 114 Å². The minimum absolute atomic E-state index is 0.684. The van der Waals surface area contributed by atoms with Gasteiger partial charge in [-0.15, -0.1) is 0 Å². The van der Waals surface area contributed by atoms with Gasteiger partial charge < -0.3 is 14.6 Å². The summed E-state index contributed by atoms with van der Waals surface area (Å²) in [5.41, 5.74) is 4.10. The molecule has 1 aliphatic heterocycles. The lowest BCUT2D eigenvalue weighted by Gasteiger charge is -2.23. The summed E-state index contributed by atoms with van der Waals surface area (Å²) in [6.07, 6.45) is 2.47. The molecule has 0 saturated carbocycles. The van der Waals surface area contributed by atoms with Crippen LogP contribution < -0.4 is 10.1 Å². The van der Waals surface area contributed by atoms with E-state index in [4.69, 9.17) is 4.74 Å². The third-order valence-corrected chi connectivity index (χ3v) is 4.32. The molecule has 1 fully saturated rings. The molecular weight excluding hydrogens is 236 g/mol. The average Bonchev–Trinajstić information content (AvgIpc) is 2.77. The van der Waals surface area contributed by atoms with Gasteiger partial charge in [0.25, 0.3) is 0 Å². The highest BCUT2D eigenvalue weighted by Gasteiger charge is 2.20. The van der Waals surface area contributed by atoms with Gasteiger partial charge >= 0.3 is 0 Å². The molecule has 0 radical (unpaired) electrons. The zero-order chi connectivity index (χ0) is 13.4. The predicted molar refractivity (Wildman–Crippen MR) is 79.1 cm³/mol. The van der Waals surface area contributed by atoms with Gasteiger partial charge in [0.05, 0.1) is 12.6 Å². The minimum atomic E-state index is 0.684. The first kappa shape index (κ1) is 12.5. The summed E-state index contributed by atoms with van der Waals surface area (Å²) in [6, 6.07) is 6.61. The molecule has 1 saturated heterocycles. The molecule has 1 N–H and O–H groups in total. The van der Waals surface area contributed by atoms with Crippen LogP contribution in [0.3, 0.4) is 0 Å². The number of hydrogen-bond donors (Lipinski definition) is 1. The van der Waals surface area contributed by atoms with E-state index in [1.54, 1.807) is 7.11 Å². The van der Waals surface area contributed by atoms with Gasteiger partial charge in [0.2, 0.25) is 0 Å². The van der Waals surface area contributed by atoms with Gasteiger partial charge in [-0.3, -0.25) is 0 Å². The van der Waals surface area contributed by atoms with Crippen molar-refractivity contribution in [3.8, 4) is 5.75 Å². The molecule has 0 bridgehead atoms. The van der Waals surface area contributed by atoms with Crippen molar-refractivity contribution in [1.82, 2.24) is 9.88 Å². The van der Waals surface area contributed by atoms with Gasteiger partial charge in [-0.2, -0.15) is 0 Å². The highest BCUT2D eigenvalue weighted by atomic mass is 16.5. The number of nitrogens with one attached hydrogen (secondary N) is 1. The van der Waals surface area contributed by atoms with E-state index in [-0.39, 0.29) is 0 Å². The number of aromatic nitrogens is 1. The van der Waals surface area contributed by atoms with Gasteiger partial charge in [0.15, 0.2) is 0 Å². The fourth-order valence-corrected chi connectivity index (χ4v) is 3.35. The van der Waals surface area contributed by atoms with Crippen LogP contribution in [0, 0.1) is 6.92 Å². The quantitative estimate of drug-likeness (QED) is 0.896. The molecule has 19 heavy (non-hydrogen) atoms. The molecule has 2 aromatic rings. The van der Waals surface area contributed by atoms with E-state index in [0.717, 1.165) is 18.8 Å². The first-order valence-electron chi connectivity index (χ1n) is 7.05. The normalized spacial score (nSPS) is 17.0. The molecule has 1 aromatic heterocycles. The van der Waals surface area contributed by atoms with E-state index in [1.807, 2.05) is 0 Å². The molecule has 3 nitrogen and oxygen atoms in total. The second kappa shape index (κ2) is 4.89. The van der Waals surface area contributed by atoms with Crippen molar-refractivity contribution in [3.63, 3.8) is 0 Å². The fourth-order valence-electron chi connectivity index (χ4n) is 3.35. The van der Waals surface area contributed by atoms with Crippen LogP contribution in [0.4, 0.5) is 0 Å². The number of hydrogen-bond acceptors (Lipinski definition) is 2. The van der Waals surface area contributed by atoms with E-state index in [1.165, 1.54) is 35.0 Å². The average molecular weight is 258 g/mol. The number of piperidine rings is 1. The number of methoxy groups -OCH3 is 1. The molecule has 3 rings (SSSR count). The van der Waals surface area contributed by atoms with Crippen LogP contribution in [0.1, 0.15) is 30.0 Å². The van der Waals surface area contributed by atoms with Gasteiger partial charge in [-0.25, -0.2) is 0 Å². The van der Waals surface area contributed by atoms with E-state index < -0.39 is 0 Å². The summed E-state index contributed by atoms with van der Waals surface area (Å²) in [5.74, 6) is 1.64. The molecular formula is C16H22N2O. The van der Waals surface area contributed by atoms with Gasteiger partial charge in [-0.05, 0) is 56.6 Å². The minimum Gasteiger partial charge on any atom is -0.497 e. The molecule has 0 atom stereocenters. The first-order chi connectivity index (χ1) is 9.20. The predicted octanol–water partition coefficient (Wildman–Crippen LogP) is 2.96. The van der Waals surface area contributed by atoms with Crippen LogP contribution in [0.25, 0.3) is 10.9 Å². The number of benzene rings is 1. The highest BCUT2D eigenvalue weighted by molar-refractivity contribution is 5.86. The Hall–Kier alpha value is -1.48. The van der Waals surface area contributed by atoms with Crippen LogP contribution in [-0.4, -0.2) is 24.8 Å². The van der Waals surface area contributed by atoms with Crippen LogP contribution in [0.15, 0.2) is 18.2 Å². The monoisotopic (exact) mass is 258 g/mol. The van der Waals surface area contributed by atoms with Gasteiger partial charge in [-0.1, -0.05) is 0 Å². The smallest absolute Gasteiger partial charge is 0.119 e. The standard InChI is InChI=1S/C16H22N2O/c1-11-8-14(19-3)9-13-10-15(18(2)16(11)13)12-4-6-17-7-5-12/h8-10,12,17H,4-7H2,1-3H3. The zero-order valence-corrected chi connectivity index (χ0v) is 12.0. The van der Waals surface area contributed by atoms with E-state index in [0.29, 0.717) is 5.92 Å². The lowest BCUT2D eigenvalue weighted by atomic mass is 9.94. The Bertz CT molecular complexity index is 594. The van der Waals surface area contributed by atoms with Gasteiger partial charge in [0, 0.05) is 24.0 Å². The number of aryl methyl sites for hydroxylation is 2. The first-order valence-corrected chi connectivity index (χ1v) is 7.05. The zero-order valence-electron chi connectivity index (χ0n) is 12.0. The molecule has 0 aliphatic carbocycles. The Balaban J connectivity index is 2.11. The molecule has 0 unspecified atom stereocenters. The maximum atomic E-state index is 5.38. The van der Waals surface area contributed by atoms with E-state index >= 15 is 0 Å². The molecule has 2 heterocycles. The second-order valence-electron chi connectivity index (χ2n) is 5.53. The summed E-state index contributed by atoms with van der Waals surface area (Å²) in [6.45, 7) is 4.43. The molecule has 1 aliphatic rings. The van der Waals surface area contributed by atoms with E-state index in [2.05, 4.69) is 42.1 Å². The van der Waals surface area contributed by atoms with Crippen molar-refractivity contribution in [1.29, 1.82) is 0 Å². The second-order valence-corrected chi connectivity index (χ2v) is 5.53. The van der Waals surface area contributed by atoms with Crippen molar-refractivity contribution < 1.29 is 4.74 Å². The Morgan fingerprint density at radius 3 is 2.63 bits per heavy atom. The highest BCUT2D eigenvalue weighted by Crippen LogP contribution is 2.33. The summed E-state index contributed by atoms with van der Waals surface area (Å²) < 4.78 is 7.75. The molecule has 0 spiro atoms. The Morgan fingerprint density at radius 1 is 1.21 bits per heavy atom. The van der Waals surface area contributed by atoms with Crippen molar-refractivity contribution in [2.45, 2.75) is 25.7 Å². The van der Waals surface area contributed by atoms with Crippen molar-refractivity contribution in [2.24, 2.45) is 7.05 Å². The molecule has 1 aromatic carbocycles. The van der Waals surface area contributed by atoms with Gasteiger partial charge in [0.1, 0.15) is 5.75 Å². The van der Waals surface area contributed by atoms with Crippen molar-refractivity contribution >= 4 is 10.9 Å². The molecule has 0 amide bonds. The third-order valence-electron chi connectivity index (χ3n) is 4.32. The third kappa shape index (κ3) is 2.12. The molecule has 3 heteroatoms. The summed E-state index contributed by atoms with van der Waals surface area (Å²) >= 11 is 0. The maximum Gasteiger partial charge on any atom is 0.119 e. The Morgan fingerprint density at radius 2 is 1.95 bits per heavy atom. The van der Waals surface area contributed by atoms with Crippen LogP contribution in [0.5, 0.6) is 5.75 Å². The number of rotatable bonds is 2. The number of nitrogens with zero attached hydrogens (tertiary/aromatic N) is 1. The SMILES string of the molecule is COc1cc(C)c2c(c1)cc(C1CCNCC1)n2C. The van der Waals surface area contributed by atoms with Crippen LogP contribution >= 0.6 is 0 Å². The molecule has 102 valence electrons. The fraction of sp³-hybridized carbons (Fsp3) is 0.500. The summed E-state index contributed by atoms with van der Waals surface area (Å²) in [4.78, 5) is 0.